The van der Waals surface area contributed by atoms with Crippen LogP contribution in [0.3, 0.4) is 0 Å². The standard InChI is InChI=1S/C15H28N2O/c1-11-8-12(10-13(16)9-11)15(18)17-14-6-4-2-3-5-7-14/h11-14H,2-10,16H2,1H3,(H,17,18). The van der Waals surface area contributed by atoms with Crippen LogP contribution in [0.4, 0.5) is 0 Å². The summed E-state index contributed by atoms with van der Waals surface area (Å²) in [5, 5.41) is 3.28. The van der Waals surface area contributed by atoms with Crippen LogP contribution < -0.4 is 11.1 Å². The molecule has 3 nitrogen and oxygen atoms in total. The lowest BCUT2D eigenvalue weighted by molar-refractivity contribution is -0.127. The van der Waals surface area contributed by atoms with Crippen molar-refractivity contribution in [2.75, 3.05) is 0 Å². The summed E-state index contributed by atoms with van der Waals surface area (Å²) >= 11 is 0. The molecule has 3 heteroatoms. The average Bonchev–Trinajstić information content (AvgIpc) is 2.56. The molecular formula is C15H28N2O. The lowest BCUT2D eigenvalue weighted by Crippen LogP contribution is -2.43. The van der Waals surface area contributed by atoms with Crippen molar-refractivity contribution in [2.45, 2.75) is 76.8 Å². The topological polar surface area (TPSA) is 55.1 Å². The molecule has 2 rings (SSSR count). The predicted octanol–water partition coefficient (Wildman–Crippen LogP) is 2.59. The molecule has 0 aromatic carbocycles. The number of nitrogens with one attached hydrogen (secondary N) is 1. The highest BCUT2D eigenvalue weighted by molar-refractivity contribution is 5.79. The molecule has 3 unspecified atom stereocenters. The summed E-state index contributed by atoms with van der Waals surface area (Å²) in [5.74, 6) is 1.02. The normalized spacial score (nSPS) is 34.9. The van der Waals surface area contributed by atoms with Gasteiger partial charge in [0.1, 0.15) is 0 Å². The molecule has 2 aliphatic rings. The van der Waals surface area contributed by atoms with Crippen molar-refractivity contribution >= 4 is 5.91 Å². The van der Waals surface area contributed by atoms with Crippen molar-refractivity contribution < 1.29 is 4.79 Å². The third-order valence-corrected chi connectivity index (χ3v) is 4.55. The zero-order chi connectivity index (χ0) is 13.0. The summed E-state index contributed by atoms with van der Waals surface area (Å²) in [5.41, 5.74) is 6.03. The fraction of sp³-hybridized carbons (Fsp3) is 0.933. The highest BCUT2D eigenvalue weighted by Crippen LogP contribution is 2.28. The molecule has 0 heterocycles. The average molecular weight is 252 g/mol. The first-order chi connectivity index (χ1) is 8.65. The molecule has 0 spiro atoms. The van der Waals surface area contributed by atoms with Gasteiger partial charge in [-0.15, -0.1) is 0 Å². The maximum absolute atomic E-state index is 12.3. The first-order valence-corrected chi connectivity index (χ1v) is 7.71. The van der Waals surface area contributed by atoms with E-state index in [9.17, 15) is 4.79 Å². The second kappa shape index (κ2) is 6.55. The van der Waals surface area contributed by atoms with Gasteiger partial charge in [-0.25, -0.2) is 0 Å². The van der Waals surface area contributed by atoms with Crippen LogP contribution in [0.25, 0.3) is 0 Å². The van der Waals surface area contributed by atoms with Gasteiger partial charge in [0.15, 0.2) is 0 Å². The van der Waals surface area contributed by atoms with E-state index in [0.717, 1.165) is 19.3 Å². The highest BCUT2D eigenvalue weighted by Gasteiger charge is 2.30. The maximum Gasteiger partial charge on any atom is 0.223 e. The Morgan fingerprint density at radius 2 is 1.72 bits per heavy atom. The van der Waals surface area contributed by atoms with Crippen LogP contribution in [0, 0.1) is 11.8 Å². The van der Waals surface area contributed by atoms with Crippen molar-refractivity contribution in [3.05, 3.63) is 0 Å². The lowest BCUT2D eigenvalue weighted by Gasteiger charge is -2.31. The van der Waals surface area contributed by atoms with Crippen LogP contribution in [-0.2, 0) is 4.79 Å². The molecule has 0 bridgehead atoms. The largest absolute Gasteiger partial charge is 0.353 e. The molecule has 0 radical (unpaired) electrons. The van der Waals surface area contributed by atoms with Crippen molar-refractivity contribution in [1.29, 1.82) is 0 Å². The molecule has 0 saturated heterocycles. The van der Waals surface area contributed by atoms with E-state index in [-0.39, 0.29) is 17.9 Å². The van der Waals surface area contributed by atoms with E-state index in [1.165, 1.54) is 38.5 Å². The minimum Gasteiger partial charge on any atom is -0.353 e. The summed E-state index contributed by atoms with van der Waals surface area (Å²) in [6.07, 6.45) is 10.5. The summed E-state index contributed by atoms with van der Waals surface area (Å²) in [7, 11) is 0. The Kier molecular flexibility index (Phi) is 5.04. The first kappa shape index (κ1) is 13.9. The van der Waals surface area contributed by atoms with Gasteiger partial charge in [-0.3, -0.25) is 4.79 Å². The molecule has 3 atom stereocenters. The SMILES string of the molecule is CC1CC(N)CC(C(=O)NC2CCCCCC2)C1. The Morgan fingerprint density at radius 3 is 2.33 bits per heavy atom. The number of hydrogen-bond donors (Lipinski definition) is 2. The van der Waals surface area contributed by atoms with Crippen LogP contribution in [0.1, 0.15) is 64.7 Å². The van der Waals surface area contributed by atoms with Gasteiger partial charge in [-0.05, 0) is 38.0 Å². The molecule has 2 fully saturated rings. The Morgan fingerprint density at radius 1 is 1.06 bits per heavy atom. The fourth-order valence-electron chi connectivity index (χ4n) is 3.61. The molecule has 0 aliphatic heterocycles. The van der Waals surface area contributed by atoms with Gasteiger partial charge in [0.25, 0.3) is 0 Å². The summed E-state index contributed by atoms with van der Waals surface area (Å²) < 4.78 is 0. The van der Waals surface area contributed by atoms with Crippen LogP contribution in [0.5, 0.6) is 0 Å². The monoisotopic (exact) mass is 252 g/mol. The summed E-state index contributed by atoms with van der Waals surface area (Å²) in [4.78, 5) is 12.3. The first-order valence-electron chi connectivity index (χ1n) is 7.71. The molecule has 0 aromatic rings. The Bertz CT molecular complexity index is 262. The molecule has 18 heavy (non-hydrogen) atoms. The zero-order valence-electron chi connectivity index (χ0n) is 11.7. The van der Waals surface area contributed by atoms with Crippen molar-refractivity contribution in [3.63, 3.8) is 0 Å². The van der Waals surface area contributed by atoms with Crippen LogP contribution in [0.15, 0.2) is 0 Å². The van der Waals surface area contributed by atoms with Gasteiger partial charge in [0, 0.05) is 18.0 Å². The van der Waals surface area contributed by atoms with Crippen molar-refractivity contribution in [3.8, 4) is 0 Å². The van der Waals surface area contributed by atoms with Gasteiger partial charge < -0.3 is 11.1 Å². The lowest BCUT2D eigenvalue weighted by atomic mass is 9.79. The number of carbonyl (C=O) groups is 1. The van der Waals surface area contributed by atoms with Gasteiger partial charge in [0.05, 0.1) is 0 Å². The second-order valence-corrected chi connectivity index (χ2v) is 6.47. The van der Waals surface area contributed by atoms with Crippen molar-refractivity contribution in [2.24, 2.45) is 17.6 Å². The van der Waals surface area contributed by atoms with E-state index in [0.29, 0.717) is 12.0 Å². The van der Waals surface area contributed by atoms with Gasteiger partial charge in [0.2, 0.25) is 5.91 Å². The van der Waals surface area contributed by atoms with E-state index in [2.05, 4.69) is 12.2 Å². The predicted molar refractivity (Wildman–Crippen MR) is 74.1 cm³/mol. The van der Waals surface area contributed by atoms with Crippen LogP contribution in [0.2, 0.25) is 0 Å². The molecule has 0 aromatic heterocycles. The Balaban J connectivity index is 1.82. The number of rotatable bonds is 2. The molecule has 1 amide bonds. The van der Waals surface area contributed by atoms with E-state index >= 15 is 0 Å². The third kappa shape index (κ3) is 3.98. The highest BCUT2D eigenvalue weighted by atomic mass is 16.1. The van der Waals surface area contributed by atoms with E-state index in [1.807, 2.05) is 0 Å². The minimum atomic E-state index is 0.159. The quantitative estimate of drug-likeness (QED) is 0.742. The maximum atomic E-state index is 12.3. The molecule has 2 aliphatic carbocycles. The number of hydrogen-bond acceptors (Lipinski definition) is 2. The fourth-order valence-corrected chi connectivity index (χ4v) is 3.61. The number of amides is 1. The Hall–Kier alpha value is -0.570. The molecule has 104 valence electrons. The zero-order valence-corrected chi connectivity index (χ0v) is 11.7. The summed E-state index contributed by atoms with van der Waals surface area (Å²) in [6.45, 7) is 2.21. The Labute approximate surface area is 111 Å². The smallest absolute Gasteiger partial charge is 0.223 e. The molecule has 3 N–H and O–H groups in total. The van der Waals surface area contributed by atoms with E-state index in [4.69, 9.17) is 5.73 Å². The van der Waals surface area contributed by atoms with Gasteiger partial charge in [-0.2, -0.15) is 0 Å². The van der Waals surface area contributed by atoms with Gasteiger partial charge in [-0.1, -0.05) is 32.6 Å². The number of carbonyl (C=O) groups excluding carboxylic acids is 1. The van der Waals surface area contributed by atoms with Crippen LogP contribution >= 0.6 is 0 Å². The van der Waals surface area contributed by atoms with E-state index in [1.54, 1.807) is 0 Å². The van der Waals surface area contributed by atoms with Crippen LogP contribution in [-0.4, -0.2) is 18.0 Å². The summed E-state index contributed by atoms with van der Waals surface area (Å²) in [6, 6.07) is 0.645. The minimum absolute atomic E-state index is 0.159. The van der Waals surface area contributed by atoms with Gasteiger partial charge >= 0.3 is 0 Å². The third-order valence-electron chi connectivity index (χ3n) is 4.55. The van der Waals surface area contributed by atoms with Crippen molar-refractivity contribution in [1.82, 2.24) is 5.32 Å². The molecular weight excluding hydrogens is 224 g/mol. The van der Waals surface area contributed by atoms with E-state index < -0.39 is 0 Å². The second-order valence-electron chi connectivity index (χ2n) is 6.47. The number of nitrogens with two attached hydrogens (primary N) is 1. The molecule has 2 saturated carbocycles.